The number of hydrogen-bond acceptors (Lipinski definition) is 3. The first-order valence-electron chi connectivity index (χ1n) is 2.71. The summed E-state index contributed by atoms with van der Waals surface area (Å²) in [5, 5.41) is 17.7. The summed E-state index contributed by atoms with van der Waals surface area (Å²) in [7, 11) is 0. The molecule has 1 aliphatic rings. The molecule has 2 atom stereocenters. The number of ketones is 1. The molecule has 0 fully saturated rings. The average molecular weight is 128 g/mol. The summed E-state index contributed by atoms with van der Waals surface area (Å²) in [5.41, 5.74) is 0.535. The molecule has 3 heteroatoms. The van der Waals surface area contributed by atoms with Gasteiger partial charge in [0.15, 0.2) is 5.78 Å². The largest absolute Gasteiger partial charge is 0.386 e. The molecule has 0 spiro atoms. The van der Waals surface area contributed by atoms with Crippen molar-refractivity contribution in [3.8, 4) is 0 Å². The molecule has 0 bridgehead atoms. The van der Waals surface area contributed by atoms with Gasteiger partial charge < -0.3 is 10.2 Å². The van der Waals surface area contributed by atoms with E-state index >= 15 is 0 Å². The van der Waals surface area contributed by atoms with Crippen molar-refractivity contribution in [1.82, 2.24) is 0 Å². The number of carbonyl (C=O) groups excluding carboxylic acids is 1. The van der Waals surface area contributed by atoms with Gasteiger partial charge in [-0.2, -0.15) is 0 Å². The molecule has 2 N–H and O–H groups in total. The molecule has 0 amide bonds. The van der Waals surface area contributed by atoms with Gasteiger partial charge in [0.05, 0.1) is 0 Å². The predicted molar refractivity (Wildman–Crippen MR) is 30.8 cm³/mol. The standard InChI is InChI=1S/C6H8O3/c1-3-2-4(7)6(9)5(3)8/h2,5-6,8-9H,1H3/t5-,6-/m1/s1. The van der Waals surface area contributed by atoms with Crippen molar-refractivity contribution in [1.29, 1.82) is 0 Å². The smallest absolute Gasteiger partial charge is 0.187 e. The van der Waals surface area contributed by atoms with E-state index in [4.69, 9.17) is 10.2 Å². The Bertz CT molecular complexity index is 171. The fourth-order valence-electron chi connectivity index (χ4n) is 0.800. The molecule has 1 rings (SSSR count). The monoisotopic (exact) mass is 128 g/mol. The highest BCUT2D eigenvalue weighted by Crippen LogP contribution is 2.14. The Morgan fingerprint density at radius 2 is 2.00 bits per heavy atom. The van der Waals surface area contributed by atoms with Gasteiger partial charge in [-0.05, 0) is 18.6 Å². The molecule has 0 aromatic rings. The van der Waals surface area contributed by atoms with Crippen LogP contribution in [0.3, 0.4) is 0 Å². The zero-order valence-corrected chi connectivity index (χ0v) is 5.03. The first-order chi connectivity index (χ1) is 4.13. The topological polar surface area (TPSA) is 57.5 Å². The van der Waals surface area contributed by atoms with Gasteiger partial charge in [-0.3, -0.25) is 4.79 Å². The fraction of sp³-hybridized carbons (Fsp3) is 0.500. The summed E-state index contributed by atoms with van der Waals surface area (Å²) in [6, 6.07) is 0. The summed E-state index contributed by atoms with van der Waals surface area (Å²) >= 11 is 0. The molecule has 0 heterocycles. The highest BCUT2D eigenvalue weighted by molar-refractivity contribution is 5.97. The lowest BCUT2D eigenvalue weighted by atomic mass is 10.2. The van der Waals surface area contributed by atoms with E-state index in [0.29, 0.717) is 5.57 Å². The predicted octanol–water partition coefficient (Wildman–Crippen LogP) is -0.763. The van der Waals surface area contributed by atoms with Crippen LogP contribution in [0.4, 0.5) is 0 Å². The number of hydrogen-bond donors (Lipinski definition) is 2. The van der Waals surface area contributed by atoms with Crippen LogP contribution in [0.15, 0.2) is 11.6 Å². The minimum atomic E-state index is -1.22. The highest BCUT2D eigenvalue weighted by Gasteiger charge is 2.30. The summed E-state index contributed by atoms with van der Waals surface area (Å²) in [4.78, 5) is 10.5. The third-order valence-electron chi connectivity index (χ3n) is 1.43. The lowest BCUT2D eigenvalue weighted by Gasteiger charge is -2.06. The second kappa shape index (κ2) is 1.93. The van der Waals surface area contributed by atoms with Gasteiger partial charge in [-0.1, -0.05) is 0 Å². The van der Waals surface area contributed by atoms with Crippen molar-refractivity contribution in [3.63, 3.8) is 0 Å². The molecular weight excluding hydrogens is 120 g/mol. The molecule has 50 valence electrons. The maximum atomic E-state index is 10.5. The highest BCUT2D eigenvalue weighted by atomic mass is 16.3. The van der Waals surface area contributed by atoms with Crippen LogP contribution in [0.2, 0.25) is 0 Å². The van der Waals surface area contributed by atoms with E-state index in [1.54, 1.807) is 6.92 Å². The van der Waals surface area contributed by atoms with Crippen molar-refractivity contribution in [3.05, 3.63) is 11.6 Å². The first kappa shape index (κ1) is 6.45. The van der Waals surface area contributed by atoms with Crippen LogP contribution in [-0.2, 0) is 4.79 Å². The molecule has 0 aromatic carbocycles. The molecule has 3 nitrogen and oxygen atoms in total. The van der Waals surface area contributed by atoms with E-state index in [-0.39, 0.29) is 0 Å². The maximum Gasteiger partial charge on any atom is 0.187 e. The fourth-order valence-corrected chi connectivity index (χ4v) is 0.800. The van der Waals surface area contributed by atoms with Crippen LogP contribution in [0.25, 0.3) is 0 Å². The quantitative estimate of drug-likeness (QED) is 0.450. The number of aliphatic hydroxyl groups excluding tert-OH is 2. The van der Waals surface area contributed by atoms with Crippen LogP contribution in [0.1, 0.15) is 6.92 Å². The van der Waals surface area contributed by atoms with Crippen molar-refractivity contribution >= 4 is 5.78 Å². The number of rotatable bonds is 0. The van der Waals surface area contributed by atoms with Crippen LogP contribution < -0.4 is 0 Å². The van der Waals surface area contributed by atoms with Gasteiger partial charge in [-0.15, -0.1) is 0 Å². The van der Waals surface area contributed by atoms with Gasteiger partial charge in [0, 0.05) is 0 Å². The molecule has 0 saturated heterocycles. The zero-order chi connectivity index (χ0) is 7.02. The van der Waals surface area contributed by atoms with E-state index in [2.05, 4.69) is 0 Å². The van der Waals surface area contributed by atoms with Gasteiger partial charge in [-0.25, -0.2) is 0 Å². The van der Waals surface area contributed by atoms with Gasteiger partial charge in [0.1, 0.15) is 12.2 Å². The van der Waals surface area contributed by atoms with Crippen molar-refractivity contribution in [2.75, 3.05) is 0 Å². The normalized spacial score (nSPS) is 35.0. The minimum absolute atomic E-state index is 0.403. The molecular formula is C6H8O3. The molecule has 0 saturated carbocycles. The molecule has 0 aromatic heterocycles. The molecule has 9 heavy (non-hydrogen) atoms. The Labute approximate surface area is 52.6 Å². The molecule has 1 aliphatic carbocycles. The summed E-state index contributed by atoms with van der Waals surface area (Å²) in [6.45, 7) is 1.61. The summed E-state index contributed by atoms with van der Waals surface area (Å²) in [5.74, 6) is -0.403. The van der Waals surface area contributed by atoms with E-state index < -0.39 is 18.0 Å². The van der Waals surface area contributed by atoms with Gasteiger partial charge in [0.25, 0.3) is 0 Å². The lowest BCUT2D eigenvalue weighted by molar-refractivity contribution is -0.124. The summed E-state index contributed by atoms with van der Waals surface area (Å²) in [6.07, 6.45) is -0.933. The van der Waals surface area contributed by atoms with Crippen LogP contribution in [0, 0.1) is 0 Å². The van der Waals surface area contributed by atoms with Crippen LogP contribution in [0.5, 0.6) is 0 Å². The summed E-state index contributed by atoms with van der Waals surface area (Å²) < 4.78 is 0. The molecule has 0 aliphatic heterocycles. The lowest BCUT2D eigenvalue weighted by Crippen LogP contribution is -2.27. The van der Waals surface area contributed by atoms with E-state index in [1.165, 1.54) is 6.08 Å². The third kappa shape index (κ3) is 0.886. The Morgan fingerprint density at radius 3 is 2.11 bits per heavy atom. The van der Waals surface area contributed by atoms with Gasteiger partial charge >= 0.3 is 0 Å². The van der Waals surface area contributed by atoms with Crippen LogP contribution >= 0.6 is 0 Å². The van der Waals surface area contributed by atoms with Crippen molar-refractivity contribution < 1.29 is 15.0 Å². The third-order valence-corrected chi connectivity index (χ3v) is 1.43. The van der Waals surface area contributed by atoms with Gasteiger partial charge in [0.2, 0.25) is 0 Å². The Morgan fingerprint density at radius 1 is 1.44 bits per heavy atom. The average Bonchev–Trinajstić information content (AvgIpc) is 1.98. The Balaban J connectivity index is 2.82. The minimum Gasteiger partial charge on any atom is -0.386 e. The van der Waals surface area contributed by atoms with Crippen molar-refractivity contribution in [2.24, 2.45) is 0 Å². The number of carbonyl (C=O) groups is 1. The Kier molecular flexibility index (Phi) is 1.38. The van der Waals surface area contributed by atoms with E-state index in [0.717, 1.165) is 0 Å². The zero-order valence-electron chi connectivity index (χ0n) is 5.03. The maximum absolute atomic E-state index is 10.5. The van der Waals surface area contributed by atoms with E-state index in [1.807, 2.05) is 0 Å². The Hall–Kier alpha value is -0.670. The first-order valence-corrected chi connectivity index (χ1v) is 2.71. The molecule has 0 unspecified atom stereocenters. The van der Waals surface area contributed by atoms with E-state index in [9.17, 15) is 4.79 Å². The SMILES string of the molecule is CC1=CC(=O)[C@@H](O)[C@@H]1O. The van der Waals surface area contributed by atoms with Crippen LogP contribution in [-0.4, -0.2) is 28.2 Å². The second-order valence-corrected chi connectivity index (χ2v) is 2.18. The second-order valence-electron chi connectivity index (χ2n) is 2.18. The van der Waals surface area contributed by atoms with Crippen molar-refractivity contribution in [2.45, 2.75) is 19.1 Å². The molecule has 0 radical (unpaired) electrons. The number of aliphatic hydroxyl groups is 2.